The molecule has 1 aliphatic rings. The molecule has 176 valence electrons. The summed E-state index contributed by atoms with van der Waals surface area (Å²) in [6.07, 6.45) is 4.09. The fourth-order valence-corrected chi connectivity index (χ4v) is 4.56. The van der Waals surface area contributed by atoms with E-state index in [0.29, 0.717) is 33.8 Å². The van der Waals surface area contributed by atoms with Crippen LogP contribution in [-0.4, -0.2) is 28.6 Å². The molecule has 0 aliphatic heterocycles. The molecule has 33 heavy (non-hydrogen) atoms. The molecular weight excluding hydrogens is 443 g/mol. The van der Waals surface area contributed by atoms with E-state index in [0.717, 1.165) is 31.2 Å². The van der Waals surface area contributed by atoms with Gasteiger partial charge < -0.3 is 19.9 Å². The summed E-state index contributed by atoms with van der Waals surface area (Å²) in [6, 6.07) is 6.92. The standard InChI is InChI=1S/C25H30ClFN4O2/c1-14-6-7-17(26)22(21(14)27)30-24-29-18-12-16(20(33-5)13-19(18)31(24)4)23(32)28-15-8-10-25(2,3)11-9-15/h6-7,12-13,15H,8-11H2,1-5H3,(H,28,32)(H,29,30). The molecule has 1 heterocycles. The second-order valence-electron chi connectivity index (χ2n) is 9.63. The maximum Gasteiger partial charge on any atom is 0.255 e. The van der Waals surface area contributed by atoms with Crippen LogP contribution in [0.5, 0.6) is 5.75 Å². The molecule has 2 N–H and O–H groups in total. The summed E-state index contributed by atoms with van der Waals surface area (Å²) in [4.78, 5) is 17.7. The highest BCUT2D eigenvalue weighted by atomic mass is 35.5. The summed E-state index contributed by atoms with van der Waals surface area (Å²) in [7, 11) is 3.35. The van der Waals surface area contributed by atoms with Crippen molar-refractivity contribution in [2.45, 2.75) is 52.5 Å². The molecule has 4 rings (SSSR count). The van der Waals surface area contributed by atoms with Crippen LogP contribution in [0, 0.1) is 18.2 Å². The largest absolute Gasteiger partial charge is 0.496 e. The Morgan fingerprint density at radius 2 is 1.97 bits per heavy atom. The Morgan fingerprint density at radius 1 is 1.27 bits per heavy atom. The smallest absolute Gasteiger partial charge is 0.255 e. The third-order valence-electron chi connectivity index (χ3n) is 6.64. The van der Waals surface area contributed by atoms with Gasteiger partial charge in [0.25, 0.3) is 5.91 Å². The van der Waals surface area contributed by atoms with Crippen molar-refractivity contribution in [2.75, 3.05) is 12.4 Å². The number of methoxy groups -OCH3 is 1. The number of carbonyl (C=O) groups excluding carboxylic acids is 1. The summed E-state index contributed by atoms with van der Waals surface area (Å²) in [5.41, 5.74) is 2.75. The number of aromatic nitrogens is 2. The maximum absolute atomic E-state index is 14.6. The van der Waals surface area contributed by atoms with Crippen molar-refractivity contribution in [3.05, 3.63) is 46.2 Å². The molecule has 1 saturated carbocycles. The molecular formula is C25H30ClFN4O2. The van der Waals surface area contributed by atoms with E-state index in [2.05, 4.69) is 29.5 Å². The number of carbonyl (C=O) groups is 1. The fourth-order valence-electron chi connectivity index (χ4n) is 4.37. The molecule has 1 aliphatic carbocycles. The monoisotopic (exact) mass is 472 g/mol. The second kappa shape index (κ2) is 8.86. The first-order valence-electron chi connectivity index (χ1n) is 11.2. The van der Waals surface area contributed by atoms with Gasteiger partial charge in [0.15, 0.2) is 5.82 Å². The molecule has 0 bridgehead atoms. The molecule has 1 aromatic heterocycles. The number of nitrogens with zero attached hydrogens (tertiary/aromatic N) is 2. The number of hydrogen-bond donors (Lipinski definition) is 2. The highest BCUT2D eigenvalue weighted by Gasteiger charge is 2.28. The molecule has 0 unspecified atom stereocenters. The Hall–Kier alpha value is -2.80. The summed E-state index contributed by atoms with van der Waals surface area (Å²) in [6.45, 7) is 6.21. The Balaban J connectivity index is 1.64. The number of halogens is 2. The van der Waals surface area contributed by atoms with Crippen LogP contribution in [0.15, 0.2) is 24.3 Å². The van der Waals surface area contributed by atoms with E-state index in [1.165, 1.54) is 0 Å². The van der Waals surface area contributed by atoms with Crippen LogP contribution in [0.25, 0.3) is 11.0 Å². The van der Waals surface area contributed by atoms with Crippen molar-refractivity contribution < 1.29 is 13.9 Å². The van der Waals surface area contributed by atoms with E-state index in [9.17, 15) is 9.18 Å². The lowest BCUT2D eigenvalue weighted by molar-refractivity contribution is 0.0906. The van der Waals surface area contributed by atoms with E-state index >= 15 is 0 Å². The molecule has 0 saturated heterocycles. The highest BCUT2D eigenvalue weighted by molar-refractivity contribution is 6.33. The average molecular weight is 473 g/mol. The van der Waals surface area contributed by atoms with Gasteiger partial charge in [-0.05, 0) is 55.7 Å². The second-order valence-corrected chi connectivity index (χ2v) is 10.0. The minimum atomic E-state index is -0.428. The predicted octanol–water partition coefficient (Wildman–Crippen LogP) is 6.13. The lowest BCUT2D eigenvalue weighted by atomic mass is 9.75. The number of amides is 1. The van der Waals surface area contributed by atoms with Gasteiger partial charge in [0, 0.05) is 19.2 Å². The maximum atomic E-state index is 14.6. The number of aryl methyl sites for hydroxylation is 2. The lowest BCUT2D eigenvalue weighted by Gasteiger charge is -2.34. The van der Waals surface area contributed by atoms with Gasteiger partial charge in [0.05, 0.1) is 34.4 Å². The number of fused-ring (bicyclic) bond motifs is 1. The van der Waals surface area contributed by atoms with E-state index in [1.807, 2.05) is 7.05 Å². The van der Waals surface area contributed by atoms with Crippen LogP contribution in [0.3, 0.4) is 0 Å². The zero-order valence-electron chi connectivity index (χ0n) is 19.7. The van der Waals surface area contributed by atoms with E-state index < -0.39 is 5.82 Å². The molecule has 3 aromatic rings. The SMILES string of the molecule is COc1cc2c(cc1C(=O)NC1CCC(C)(C)CC1)nc(Nc1c(Cl)ccc(C)c1F)n2C. The summed E-state index contributed by atoms with van der Waals surface area (Å²) in [5.74, 6) is 0.269. The quantitative estimate of drug-likeness (QED) is 0.469. The first-order chi connectivity index (χ1) is 15.6. The van der Waals surface area contributed by atoms with Crippen LogP contribution in [-0.2, 0) is 7.05 Å². The Kier molecular flexibility index (Phi) is 6.27. The Labute approximate surface area is 198 Å². The van der Waals surface area contributed by atoms with Gasteiger partial charge in [-0.25, -0.2) is 9.37 Å². The molecule has 2 aromatic carbocycles. The molecule has 0 atom stereocenters. The van der Waals surface area contributed by atoms with Gasteiger partial charge in [-0.1, -0.05) is 31.5 Å². The van der Waals surface area contributed by atoms with Gasteiger partial charge in [-0.3, -0.25) is 4.79 Å². The molecule has 0 spiro atoms. The van der Waals surface area contributed by atoms with Gasteiger partial charge in [-0.15, -0.1) is 0 Å². The van der Waals surface area contributed by atoms with Gasteiger partial charge in [0.1, 0.15) is 5.75 Å². The van der Waals surface area contributed by atoms with Crippen LogP contribution in [0.4, 0.5) is 16.0 Å². The zero-order chi connectivity index (χ0) is 23.9. The number of hydrogen-bond acceptors (Lipinski definition) is 4. The minimum absolute atomic E-state index is 0.151. The molecule has 0 radical (unpaired) electrons. The number of benzene rings is 2. The lowest BCUT2D eigenvalue weighted by Crippen LogP contribution is -2.39. The number of anilines is 2. The van der Waals surface area contributed by atoms with E-state index in [-0.39, 0.29) is 22.7 Å². The number of nitrogens with one attached hydrogen (secondary N) is 2. The van der Waals surface area contributed by atoms with Crippen LogP contribution in [0.1, 0.15) is 55.5 Å². The van der Waals surface area contributed by atoms with Crippen molar-refractivity contribution in [1.82, 2.24) is 14.9 Å². The summed E-state index contributed by atoms with van der Waals surface area (Å²) in [5, 5.41) is 6.42. The minimum Gasteiger partial charge on any atom is -0.496 e. The zero-order valence-corrected chi connectivity index (χ0v) is 20.4. The van der Waals surface area contributed by atoms with E-state index in [1.54, 1.807) is 42.9 Å². The number of rotatable bonds is 5. The first-order valence-corrected chi connectivity index (χ1v) is 11.5. The predicted molar refractivity (Wildman–Crippen MR) is 130 cm³/mol. The van der Waals surface area contributed by atoms with Gasteiger partial charge >= 0.3 is 0 Å². The molecule has 6 nitrogen and oxygen atoms in total. The Morgan fingerprint density at radius 3 is 2.64 bits per heavy atom. The molecule has 8 heteroatoms. The first kappa shape index (κ1) is 23.4. The Bertz CT molecular complexity index is 1210. The topological polar surface area (TPSA) is 68.2 Å². The third kappa shape index (κ3) is 4.64. The van der Waals surface area contributed by atoms with Crippen LogP contribution >= 0.6 is 11.6 Å². The number of imidazole rings is 1. The third-order valence-corrected chi connectivity index (χ3v) is 6.96. The van der Waals surface area contributed by atoms with E-state index in [4.69, 9.17) is 16.3 Å². The summed E-state index contributed by atoms with van der Waals surface area (Å²) >= 11 is 6.21. The highest BCUT2D eigenvalue weighted by Crippen LogP contribution is 2.36. The molecule has 1 amide bonds. The van der Waals surface area contributed by atoms with Crippen molar-refractivity contribution in [3.63, 3.8) is 0 Å². The van der Waals surface area contributed by atoms with Crippen LogP contribution in [0.2, 0.25) is 5.02 Å². The van der Waals surface area contributed by atoms with Gasteiger partial charge in [-0.2, -0.15) is 0 Å². The normalized spacial score (nSPS) is 16.1. The average Bonchev–Trinajstić information content (AvgIpc) is 3.09. The van der Waals surface area contributed by atoms with Crippen LogP contribution < -0.4 is 15.4 Å². The van der Waals surface area contributed by atoms with Crippen molar-refractivity contribution >= 4 is 40.2 Å². The molecule has 1 fully saturated rings. The summed E-state index contributed by atoms with van der Waals surface area (Å²) < 4.78 is 21.9. The van der Waals surface area contributed by atoms with Gasteiger partial charge in [0.2, 0.25) is 5.95 Å². The fraction of sp³-hybridized carbons (Fsp3) is 0.440. The van der Waals surface area contributed by atoms with Crippen molar-refractivity contribution in [1.29, 1.82) is 0 Å². The van der Waals surface area contributed by atoms with Crippen molar-refractivity contribution in [2.24, 2.45) is 12.5 Å². The number of ether oxygens (including phenoxy) is 1. The van der Waals surface area contributed by atoms with Crippen molar-refractivity contribution in [3.8, 4) is 5.75 Å².